The van der Waals surface area contributed by atoms with Crippen LogP contribution in [-0.2, 0) is 25.0 Å². The molecule has 66 heavy (non-hydrogen) atoms. The van der Waals surface area contributed by atoms with E-state index in [0.29, 0.717) is 69.2 Å². The minimum absolute atomic E-state index is 0.00300. The Hall–Kier alpha value is -6.83. The van der Waals surface area contributed by atoms with Crippen LogP contribution in [0.15, 0.2) is 60.8 Å². The molecule has 2 bridgehead atoms. The fourth-order valence-corrected chi connectivity index (χ4v) is 11.0. The van der Waals surface area contributed by atoms with Crippen LogP contribution in [0.4, 0.5) is 18.4 Å². The summed E-state index contributed by atoms with van der Waals surface area (Å²) in [5.41, 5.74) is 4.47. The van der Waals surface area contributed by atoms with Crippen LogP contribution in [0.5, 0.6) is 0 Å². The van der Waals surface area contributed by atoms with Crippen molar-refractivity contribution in [2.24, 2.45) is 17.3 Å². The number of H-pyrrole nitrogens is 2. The van der Waals surface area contributed by atoms with Gasteiger partial charge < -0.3 is 39.9 Å². The molecule has 4 heterocycles. The average molecular weight is 900 g/mol. The van der Waals surface area contributed by atoms with Gasteiger partial charge in [0, 0.05) is 35.7 Å². The minimum Gasteiger partial charge on any atom is -0.453 e. The molecule has 3 aromatic carbocycles. The first-order valence-corrected chi connectivity index (χ1v) is 22.6. The number of nitriles is 1. The van der Waals surface area contributed by atoms with E-state index in [2.05, 4.69) is 26.7 Å². The van der Waals surface area contributed by atoms with Crippen molar-refractivity contribution in [1.82, 2.24) is 40.4 Å². The van der Waals surface area contributed by atoms with Gasteiger partial charge in [-0.3, -0.25) is 9.59 Å². The highest BCUT2D eigenvalue weighted by Crippen LogP contribution is 2.59. The van der Waals surface area contributed by atoms with E-state index < -0.39 is 30.2 Å². The molecule has 2 saturated carbocycles. The van der Waals surface area contributed by atoms with E-state index >= 15 is 8.78 Å². The lowest BCUT2D eigenvalue weighted by Crippen LogP contribution is -2.51. The smallest absolute Gasteiger partial charge is 0.407 e. The summed E-state index contributed by atoms with van der Waals surface area (Å²) in [5, 5.41) is 14.6. The summed E-state index contributed by atoms with van der Waals surface area (Å²) < 4.78 is 42.9. The van der Waals surface area contributed by atoms with Crippen LogP contribution in [-0.4, -0.2) is 92.6 Å². The summed E-state index contributed by atoms with van der Waals surface area (Å²) in [7, 11) is 2.49. The molecule has 4 amide bonds. The third kappa shape index (κ3) is 7.30. The van der Waals surface area contributed by atoms with Gasteiger partial charge in [0.15, 0.2) is 0 Å². The number of piperidine rings is 1. The second kappa shape index (κ2) is 16.2. The van der Waals surface area contributed by atoms with Crippen LogP contribution < -0.4 is 10.6 Å². The number of alkyl halides is 2. The van der Waals surface area contributed by atoms with Gasteiger partial charge in [0.05, 0.1) is 55.3 Å². The molecule has 1 unspecified atom stereocenters. The Balaban J connectivity index is 0.892. The van der Waals surface area contributed by atoms with Gasteiger partial charge in [0.1, 0.15) is 23.7 Å². The fraction of sp³-hybridized carbons (Fsp3) is 0.449. The van der Waals surface area contributed by atoms with Crippen molar-refractivity contribution in [3.63, 3.8) is 0 Å². The normalized spacial score (nSPS) is 22.5. The SMILES string of the molecule is COC(=O)N[C@@H](CCC#N)C(=O)N1[C@@H]2CC[C@H](C2)[C@H]1c1nc2ccc(-c3ccc4c(c3)C(F)(F)c3cc(-c5cnc(C6CC7(CC7)CN6C(=O)[C@@H](NC(=O)OC)C(C)C)[nH]5)ccc3-4)cc2[nH]1. The number of halogens is 2. The molecule has 2 saturated heterocycles. The maximum absolute atomic E-state index is 16.7. The Morgan fingerprint density at radius 3 is 2.27 bits per heavy atom. The van der Waals surface area contributed by atoms with Crippen molar-refractivity contribution >= 4 is 35.0 Å². The first-order chi connectivity index (χ1) is 31.7. The molecule has 0 radical (unpaired) electrons. The van der Waals surface area contributed by atoms with Gasteiger partial charge in [-0.15, -0.1) is 0 Å². The molecule has 1 spiro atoms. The summed E-state index contributed by atoms with van der Waals surface area (Å²) in [4.78, 5) is 72.3. The van der Waals surface area contributed by atoms with Gasteiger partial charge in [-0.1, -0.05) is 44.2 Å². The predicted molar refractivity (Wildman–Crippen MR) is 237 cm³/mol. The molecule has 2 aliphatic heterocycles. The number of carbonyl (C=O) groups excluding carboxylic acids is 4. The molecule has 4 fully saturated rings. The average Bonchev–Trinajstić information content (AvgIpc) is 3.98. The number of likely N-dealkylation sites (tertiary alicyclic amines) is 2. The summed E-state index contributed by atoms with van der Waals surface area (Å²) in [6.45, 7) is 4.28. The fourth-order valence-electron chi connectivity index (χ4n) is 11.0. The van der Waals surface area contributed by atoms with Crippen molar-refractivity contribution in [2.75, 3.05) is 20.8 Å². The molecular formula is C49H51F2N9O6. The minimum atomic E-state index is -3.30. The number of amides is 4. The van der Waals surface area contributed by atoms with E-state index in [1.54, 1.807) is 35.4 Å². The van der Waals surface area contributed by atoms with Crippen LogP contribution in [0, 0.1) is 28.6 Å². The monoisotopic (exact) mass is 899 g/mol. The highest BCUT2D eigenvalue weighted by Gasteiger charge is 2.56. The number of aromatic nitrogens is 4. The molecule has 17 heteroatoms. The molecule has 4 N–H and O–H groups in total. The lowest BCUT2D eigenvalue weighted by atomic mass is 9.97. The Kier molecular flexibility index (Phi) is 10.6. The van der Waals surface area contributed by atoms with Crippen molar-refractivity contribution in [3.05, 3.63) is 83.6 Å². The summed E-state index contributed by atoms with van der Waals surface area (Å²) in [5.74, 6) is -2.64. The number of aromatic amines is 2. The van der Waals surface area contributed by atoms with Gasteiger partial charge in [-0.05, 0) is 109 Å². The Bertz CT molecular complexity index is 2830. The number of ether oxygens (including phenoxy) is 2. The lowest BCUT2D eigenvalue weighted by Gasteiger charge is -2.36. The van der Waals surface area contributed by atoms with Crippen LogP contribution in [0.3, 0.4) is 0 Å². The summed E-state index contributed by atoms with van der Waals surface area (Å²) in [6, 6.07) is 15.4. The van der Waals surface area contributed by atoms with Crippen molar-refractivity contribution in [1.29, 1.82) is 5.26 Å². The van der Waals surface area contributed by atoms with Crippen molar-refractivity contribution in [3.8, 4) is 39.6 Å². The zero-order valence-corrected chi connectivity index (χ0v) is 37.1. The van der Waals surface area contributed by atoms with E-state index in [1.165, 1.54) is 20.3 Å². The number of alkyl carbamates (subject to hydrolysis) is 2. The van der Waals surface area contributed by atoms with Gasteiger partial charge in [-0.2, -0.15) is 14.0 Å². The van der Waals surface area contributed by atoms with Gasteiger partial charge in [-0.25, -0.2) is 19.6 Å². The number of hydrogen-bond acceptors (Lipinski definition) is 9. The quantitative estimate of drug-likeness (QED) is 0.101. The van der Waals surface area contributed by atoms with Crippen LogP contribution in [0.2, 0.25) is 0 Å². The molecule has 342 valence electrons. The number of nitrogens with one attached hydrogen (secondary N) is 4. The first-order valence-electron chi connectivity index (χ1n) is 22.6. The Labute approximate surface area is 379 Å². The Morgan fingerprint density at radius 1 is 0.894 bits per heavy atom. The maximum atomic E-state index is 16.7. The third-order valence-electron chi connectivity index (χ3n) is 14.6. The van der Waals surface area contributed by atoms with E-state index in [-0.39, 0.29) is 71.2 Å². The number of benzene rings is 3. The highest BCUT2D eigenvalue weighted by molar-refractivity contribution is 5.89. The molecule has 5 aliphatic rings. The molecule has 2 aromatic heterocycles. The van der Waals surface area contributed by atoms with E-state index in [9.17, 15) is 24.4 Å². The standard InChI is InChI=1S/C49H51F2N9O6/c1-25(2)40(58-47(64)66-4)45(62)59-24-48(15-16-48)22-39(59)42-53-23-38(56-42)28-9-13-32-31-12-8-26(19-33(31)49(50,51)34(32)20-28)27-10-14-35-37(21-27)55-43(54-35)41-29-7-11-30(18-29)60(41)44(61)36(6-5-17-52)57-46(63)65-3/h8-10,12-14,19-21,23,25,29-30,36,39-41H,5-7,11,15-16,18,22,24H2,1-4H3,(H,53,56)(H,54,55)(H,57,63)(H,58,64)/t29-,30-,36+,39?,40+,41+/m1/s1. The largest absolute Gasteiger partial charge is 0.453 e. The zero-order valence-electron chi connectivity index (χ0n) is 37.1. The number of rotatable bonds is 11. The zero-order chi connectivity index (χ0) is 46.2. The Morgan fingerprint density at radius 2 is 1.58 bits per heavy atom. The second-order valence-electron chi connectivity index (χ2n) is 19.0. The predicted octanol–water partition coefficient (Wildman–Crippen LogP) is 8.26. The number of fused-ring (bicyclic) bond motifs is 6. The van der Waals surface area contributed by atoms with E-state index in [4.69, 9.17) is 19.4 Å². The number of carbonyl (C=O) groups is 4. The molecule has 10 rings (SSSR count). The number of nitrogens with zero attached hydrogens (tertiary/aromatic N) is 5. The van der Waals surface area contributed by atoms with Crippen LogP contribution in [0.25, 0.3) is 44.5 Å². The van der Waals surface area contributed by atoms with Crippen LogP contribution in [0.1, 0.15) is 100 Å². The molecule has 6 atom stereocenters. The number of imidazole rings is 2. The first kappa shape index (κ1) is 43.1. The molecule has 15 nitrogen and oxygen atoms in total. The highest BCUT2D eigenvalue weighted by atomic mass is 19.3. The summed E-state index contributed by atoms with van der Waals surface area (Å²) in [6.07, 6.45) is 5.70. The number of hydrogen-bond donors (Lipinski definition) is 4. The van der Waals surface area contributed by atoms with Gasteiger partial charge in [0.25, 0.3) is 5.92 Å². The van der Waals surface area contributed by atoms with E-state index in [0.717, 1.165) is 32.1 Å². The molecule has 3 aliphatic carbocycles. The van der Waals surface area contributed by atoms with Crippen molar-refractivity contribution in [2.45, 2.75) is 101 Å². The van der Waals surface area contributed by atoms with Gasteiger partial charge >= 0.3 is 12.2 Å². The topological polar surface area (TPSA) is 198 Å². The lowest BCUT2D eigenvalue weighted by molar-refractivity contribution is -0.138. The van der Waals surface area contributed by atoms with Gasteiger partial charge in [0.2, 0.25) is 11.8 Å². The molecule has 5 aromatic rings. The van der Waals surface area contributed by atoms with E-state index in [1.807, 2.05) is 43.0 Å². The second-order valence-corrected chi connectivity index (χ2v) is 19.0. The molecular weight excluding hydrogens is 849 g/mol. The summed E-state index contributed by atoms with van der Waals surface area (Å²) >= 11 is 0. The van der Waals surface area contributed by atoms with Crippen molar-refractivity contribution < 1.29 is 37.4 Å². The third-order valence-corrected chi connectivity index (χ3v) is 14.6. The maximum Gasteiger partial charge on any atom is 0.407 e. The van der Waals surface area contributed by atoms with Crippen LogP contribution >= 0.6 is 0 Å². The number of methoxy groups -OCH3 is 2.